The van der Waals surface area contributed by atoms with E-state index >= 15 is 0 Å². The highest BCUT2D eigenvalue weighted by Crippen LogP contribution is 2.40. The van der Waals surface area contributed by atoms with E-state index in [4.69, 9.17) is 23.8 Å². The molecule has 0 aliphatic heterocycles. The van der Waals surface area contributed by atoms with E-state index in [0.717, 1.165) is 22.1 Å². The zero-order chi connectivity index (χ0) is 12.0. The summed E-state index contributed by atoms with van der Waals surface area (Å²) in [7, 11) is 0. The van der Waals surface area contributed by atoms with E-state index < -0.39 is 0 Å². The second kappa shape index (κ2) is 3.96. The van der Waals surface area contributed by atoms with Gasteiger partial charge in [0.1, 0.15) is 5.82 Å². The van der Waals surface area contributed by atoms with Crippen LogP contribution in [0.5, 0.6) is 0 Å². The molecule has 1 N–H and O–H groups in total. The van der Waals surface area contributed by atoms with Crippen LogP contribution in [0.4, 0.5) is 0 Å². The van der Waals surface area contributed by atoms with Gasteiger partial charge in [-0.1, -0.05) is 17.7 Å². The van der Waals surface area contributed by atoms with Crippen LogP contribution in [-0.4, -0.2) is 14.8 Å². The molecule has 1 heterocycles. The Labute approximate surface area is 109 Å². The van der Waals surface area contributed by atoms with Crippen LogP contribution in [0.25, 0.3) is 5.69 Å². The third kappa shape index (κ3) is 1.91. The maximum Gasteiger partial charge on any atom is 0.199 e. The highest BCUT2D eigenvalue weighted by Gasteiger charge is 2.29. The second-order valence-electron chi connectivity index (χ2n) is 4.43. The topological polar surface area (TPSA) is 33.6 Å². The number of nitrogens with zero attached hydrogens (tertiary/aromatic N) is 2. The van der Waals surface area contributed by atoms with E-state index in [9.17, 15) is 0 Å². The smallest absolute Gasteiger partial charge is 0.199 e. The molecule has 0 unspecified atom stereocenters. The van der Waals surface area contributed by atoms with Crippen molar-refractivity contribution in [1.82, 2.24) is 14.8 Å². The van der Waals surface area contributed by atoms with Gasteiger partial charge in [-0.2, -0.15) is 5.10 Å². The third-order valence-corrected chi connectivity index (χ3v) is 3.56. The Hall–Kier alpha value is -1.13. The number of aromatic nitrogens is 3. The van der Waals surface area contributed by atoms with Crippen LogP contribution in [0.1, 0.15) is 30.1 Å². The first-order valence-corrected chi connectivity index (χ1v) is 6.39. The van der Waals surface area contributed by atoms with Crippen LogP contribution in [0, 0.1) is 11.7 Å². The average molecular weight is 266 g/mol. The lowest BCUT2D eigenvalue weighted by Crippen LogP contribution is -2.02. The normalized spacial score (nSPS) is 15.2. The summed E-state index contributed by atoms with van der Waals surface area (Å²) in [4.78, 5) is 0. The molecule has 2 aromatic rings. The molecule has 0 bridgehead atoms. The van der Waals surface area contributed by atoms with Crippen molar-refractivity contribution in [3.05, 3.63) is 39.4 Å². The molecule has 0 saturated heterocycles. The van der Waals surface area contributed by atoms with E-state index in [2.05, 4.69) is 17.1 Å². The lowest BCUT2D eigenvalue weighted by molar-refractivity contribution is 0.864. The third-order valence-electron chi connectivity index (χ3n) is 3.05. The second-order valence-corrected chi connectivity index (χ2v) is 5.25. The van der Waals surface area contributed by atoms with E-state index in [0.29, 0.717) is 10.7 Å². The van der Waals surface area contributed by atoms with Gasteiger partial charge in [-0.15, -0.1) is 0 Å². The Balaban J connectivity index is 2.23. The summed E-state index contributed by atoms with van der Waals surface area (Å²) >= 11 is 11.4. The van der Waals surface area contributed by atoms with E-state index in [1.54, 1.807) is 0 Å². The Morgan fingerprint density at radius 3 is 2.94 bits per heavy atom. The number of hydrogen-bond acceptors (Lipinski definition) is 2. The number of H-pyrrole nitrogens is 1. The molecule has 0 spiro atoms. The van der Waals surface area contributed by atoms with E-state index in [1.165, 1.54) is 12.8 Å². The number of rotatable bonds is 2. The first-order valence-electron chi connectivity index (χ1n) is 5.60. The van der Waals surface area contributed by atoms with Gasteiger partial charge in [0, 0.05) is 10.9 Å². The maximum absolute atomic E-state index is 6.06. The number of nitrogens with one attached hydrogen (secondary N) is 1. The summed E-state index contributed by atoms with van der Waals surface area (Å²) in [6, 6.07) is 5.83. The molecular weight excluding hydrogens is 254 g/mol. The van der Waals surface area contributed by atoms with Crippen LogP contribution in [0.15, 0.2) is 18.2 Å². The van der Waals surface area contributed by atoms with Crippen LogP contribution < -0.4 is 0 Å². The monoisotopic (exact) mass is 265 g/mol. The van der Waals surface area contributed by atoms with Crippen molar-refractivity contribution in [3.8, 4) is 5.69 Å². The molecule has 88 valence electrons. The molecule has 3 rings (SSSR count). The number of benzene rings is 1. The van der Waals surface area contributed by atoms with Crippen molar-refractivity contribution in [3.63, 3.8) is 0 Å². The molecule has 0 atom stereocenters. The van der Waals surface area contributed by atoms with Gasteiger partial charge >= 0.3 is 0 Å². The van der Waals surface area contributed by atoms with E-state index in [1.807, 2.05) is 22.8 Å². The minimum Gasteiger partial charge on any atom is -0.272 e. The highest BCUT2D eigenvalue weighted by molar-refractivity contribution is 7.71. The Kier molecular flexibility index (Phi) is 2.56. The fraction of sp³-hybridized carbons (Fsp3) is 0.333. The van der Waals surface area contributed by atoms with Gasteiger partial charge < -0.3 is 0 Å². The van der Waals surface area contributed by atoms with Crippen molar-refractivity contribution in [1.29, 1.82) is 0 Å². The van der Waals surface area contributed by atoms with Gasteiger partial charge in [0.05, 0.1) is 5.69 Å². The molecule has 1 aromatic carbocycles. The number of aryl methyl sites for hydroxylation is 1. The van der Waals surface area contributed by atoms with Gasteiger partial charge in [0.15, 0.2) is 4.77 Å². The molecule has 1 saturated carbocycles. The van der Waals surface area contributed by atoms with Crippen molar-refractivity contribution in [2.75, 3.05) is 0 Å². The van der Waals surface area contributed by atoms with Gasteiger partial charge in [-0.25, -0.2) is 0 Å². The highest BCUT2D eigenvalue weighted by atomic mass is 35.5. The van der Waals surface area contributed by atoms with Crippen molar-refractivity contribution < 1.29 is 0 Å². The number of hydrogen-bond donors (Lipinski definition) is 1. The molecule has 5 heteroatoms. The zero-order valence-corrected chi connectivity index (χ0v) is 11.0. The first kappa shape index (κ1) is 11.0. The van der Waals surface area contributed by atoms with Crippen molar-refractivity contribution in [2.45, 2.75) is 25.7 Å². The number of halogens is 1. The largest absolute Gasteiger partial charge is 0.272 e. The van der Waals surface area contributed by atoms with Gasteiger partial charge in [-0.05, 0) is 49.7 Å². The lowest BCUT2D eigenvalue weighted by atomic mass is 10.2. The quantitative estimate of drug-likeness (QED) is 0.839. The molecule has 3 nitrogen and oxygen atoms in total. The predicted molar refractivity (Wildman–Crippen MR) is 70.5 cm³/mol. The summed E-state index contributed by atoms with van der Waals surface area (Å²) in [5.74, 6) is 1.57. The summed E-state index contributed by atoms with van der Waals surface area (Å²) in [6.07, 6.45) is 2.39. The zero-order valence-electron chi connectivity index (χ0n) is 9.40. The molecule has 1 fully saturated rings. The number of aromatic amines is 1. The van der Waals surface area contributed by atoms with Gasteiger partial charge in [0.25, 0.3) is 0 Å². The van der Waals surface area contributed by atoms with Gasteiger partial charge in [0.2, 0.25) is 0 Å². The van der Waals surface area contributed by atoms with Crippen LogP contribution in [0.2, 0.25) is 5.02 Å². The minimum atomic E-state index is 0.543. The molecule has 1 aliphatic carbocycles. The molecule has 0 radical (unpaired) electrons. The fourth-order valence-electron chi connectivity index (χ4n) is 1.98. The molecule has 0 amide bonds. The van der Waals surface area contributed by atoms with Crippen LogP contribution in [0.3, 0.4) is 0 Å². The summed E-state index contributed by atoms with van der Waals surface area (Å²) in [5.41, 5.74) is 2.17. The van der Waals surface area contributed by atoms with Crippen LogP contribution in [-0.2, 0) is 0 Å². The Morgan fingerprint density at radius 2 is 2.24 bits per heavy atom. The maximum atomic E-state index is 6.06. The molecule has 1 aliphatic rings. The fourth-order valence-corrected chi connectivity index (χ4v) is 2.38. The summed E-state index contributed by atoms with van der Waals surface area (Å²) in [5, 5.41) is 7.92. The average Bonchev–Trinajstić information content (AvgIpc) is 3.07. The van der Waals surface area contributed by atoms with E-state index in [-0.39, 0.29) is 0 Å². The van der Waals surface area contributed by atoms with Crippen LogP contribution >= 0.6 is 23.8 Å². The molecular formula is C12H12ClN3S. The van der Waals surface area contributed by atoms with Crippen molar-refractivity contribution >= 4 is 23.8 Å². The molecule has 17 heavy (non-hydrogen) atoms. The summed E-state index contributed by atoms with van der Waals surface area (Å²) in [6.45, 7) is 2.05. The predicted octanol–water partition coefficient (Wildman–Crippen LogP) is 3.77. The minimum absolute atomic E-state index is 0.543. The Bertz CT molecular complexity index is 625. The first-order chi connectivity index (χ1) is 8.16. The standard InChI is InChI=1S/C12H12ClN3S/c1-7-2-5-9(13)6-10(7)16-11(8-3-4-8)14-15-12(16)17/h2,5-6,8H,3-4H2,1H3,(H,15,17). The van der Waals surface area contributed by atoms with Crippen molar-refractivity contribution in [2.24, 2.45) is 0 Å². The van der Waals surface area contributed by atoms with Gasteiger partial charge in [-0.3, -0.25) is 9.67 Å². The Morgan fingerprint density at radius 1 is 1.47 bits per heavy atom. The lowest BCUT2D eigenvalue weighted by Gasteiger charge is -2.09. The molecule has 1 aromatic heterocycles. The SMILES string of the molecule is Cc1ccc(Cl)cc1-n1c(C2CC2)n[nH]c1=S. The summed E-state index contributed by atoms with van der Waals surface area (Å²) < 4.78 is 2.64.